The predicted molar refractivity (Wildman–Crippen MR) is 306 cm³/mol. The van der Waals surface area contributed by atoms with Crippen molar-refractivity contribution >= 4 is 47.5 Å². The molecule has 0 unspecified atom stereocenters. The monoisotopic (exact) mass is 1170 g/mol. The van der Waals surface area contributed by atoms with Gasteiger partial charge in [-0.05, 0) is 79.4 Å². The molecule has 0 amide bonds. The molecule has 0 saturated carbocycles. The van der Waals surface area contributed by atoms with Gasteiger partial charge in [0.05, 0.1) is 38.8 Å². The first-order valence-corrected chi connectivity index (χ1v) is 30.4. The number of alkyl halides is 6. The Morgan fingerprint density at radius 3 is 1.14 bits per heavy atom. The molecule has 0 spiro atoms. The molecule has 2 aromatic heterocycles. The van der Waals surface area contributed by atoms with E-state index in [0.717, 1.165) is 40.7 Å². The largest absolute Gasteiger partial charge is 0.497 e. The van der Waals surface area contributed by atoms with Gasteiger partial charge >= 0.3 is 12.4 Å². The molecule has 428 valence electrons. The molecule has 2 atom stereocenters. The second-order valence-electron chi connectivity index (χ2n) is 20.8. The van der Waals surface area contributed by atoms with Gasteiger partial charge in [-0.3, -0.25) is 0 Å². The molecule has 8 nitrogen and oxygen atoms in total. The lowest BCUT2D eigenvalue weighted by atomic mass is 10.0. The number of aliphatic hydroxyl groups is 3. The number of pyridine rings is 2. The van der Waals surface area contributed by atoms with Crippen LogP contribution in [0.1, 0.15) is 76.3 Å². The van der Waals surface area contributed by atoms with E-state index in [1.807, 2.05) is 93.6 Å². The molecule has 0 saturated heterocycles. The number of aliphatic hydroxyl groups excluding tert-OH is 3. The van der Waals surface area contributed by atoms with Crippen molar-refractivity contribution in [3.63, 3.8) is 0 Å². The SMILES string of the molecule is CC(C)(C)[Si](Cl)(c1ccccc1)c1ccccc1.COc1ccc(F)c(-c2ccc([C@H](O)CO)c(C(F)(F)F)n2)c1.COc1ccc(F)c(-c2ccc([C@H](O)CO[Si](c3ccccc3)(c3ccccc3)C(C)(C)C)c(C(F)(F)F)n2)c1. The second kappa shape index (κ2) is 26.4. The van der Waals surface area contributed by atoms with E-state index in [1.165, 1.54) is 54.9 Å². The van der Waals surface area contributed by atoms with Gasteiger partial charge in [0, 0.05) is 22.3 Å². The predicted octanol–water partition coefficient (Wildman–Crippen LogP) is 13.3. The number of hydrogen-bond acceptors (Lipinski definition) is 8. The summed E-state index contributed by atoms with van der Waals surface area (Å²) in [5, 5.41) is 33.5. The molecule has 6 aromatic carbocycles. The van der Waals surface area contributed by atoms with E-state index in [4.69, 9.17) is 30.1 Å². The van der Waals surface area contributed by atoms with Crippen molar-refractivity contribution < 1.29 is 64.3 Å². The summed E-state index contributed by atoms with van der Waals surface area (Å²) in [7, 11) is -2.63. The topological polar surface area (TPSA) is 114 Å². The first-order valence-electron chi connectivity index (χ1n) is 25.5. The molecule has 0 aliphatic rings. The minimum atomic E-state index is -4.90. The van der Waals surface area contributed by atoms with Crippen LogP contribution in [0.2, 0.25) is 10.1 Å². The molecule has 0 aliphatic heterocycles. The average molecular weight is 1180 g/mol. The van der Waals surface area contributed by atoms with Crippen molar-refractivity contribution in [1.82, 2.24) is 9.97 Å². The molecular formula is C62H63ClF8N2O6Si2. The number of aromatic nitrogens is 2. The number of halogens is 9. The van der Waals surface area contributed by atoms with Crippen molar-refractivity contribution in [1.29, 1.82) is 0 Å². The van der Waals surface area contributed by atoms with Crippen LogP contribution in [0.5, 0.6) is 11.5 Å². The van der Waals surface area contributed by atoms with E-state index in [1.54, 1.807) is 0 Å². The molecule has 3 N–H and O–H groups in total. The zero-order valence-electron chi connectivity index (χ0n) is 45.8. The van der Waals surface area contributed by atoms with Gasteiger partial charge < -0.3 is 29.2 Å². The Bertz CT molecular complexity index is 3240. The van der Waals surface area contributed by atoms with Crippen LogP contribution in [0.15, 0.2) is 182 Å². The van der Waals surface area contributed by atoms with Gasteiger partial charge in [-0.25, -0.2) is 18.7 Å². The number of hydrogen-bond donors (Lipinski definition) is 3. The Labute approximate surface area is 473 Å². The first-order chi connectivity index (χ1) is 38.1. The molecular weight excluding hydrogens is 1110 g/mol. The van der Waals surface area contributed by atoms with Crippen LogP contribution in [0, 0.1) is 11.6 Å². The van der Waals surface area contributed by atoms with Crippen LogP contribution in [0.4, 0.5) is 35.1 Å². The number of benzene rings is 6. The van der Waals surface area contributed by atoms with Crippen molar-refractivity contribution in [3.05, 3.63) is 216 Å². The van der Waals surface area contributed by atoms with Gasteiger partial charge in [-0.1, -0.05) is 175 Å². The van der Waals surface area contributed by atoms with Crippen LogP contribution in [0.25, 0.3) is 22.5 Å². The molecule has 0 radical (unpaired) electrons. The minimum Gasteiger partial charge on any atom is -0.497 e. The molecule has 8 rings (SSSR count). The van der Waals surface area contributed by atoms with E-state index in [-0.39, 0.29) is 39.1 Å². The third kappa shape index (κ3) is 14.7. The number of rotatable bonds is 14. The zero-order chi connectivity index (χ0) is 59.6. The maximum absolute atomic E-state index is 14.5. The third-order valence-corrected chi connectivity index (χ3v) is 25.8. The van der Waals surface area contributed by atoms with Crippen molar-refractivity contribution in [2.24, 2.45) is 0 Å². The lowest BCUT2D eigenvalue weighted by Gasteiger charge is -2.43. The maximum Gasteiger partial charge on any atom is 0.433 e. The van der Waals surface area contributed by atoms with Crippen LogP contribution < -0.4 is 30.2 Å². The fourth-order valence-corrected chi connectivity index (χ4v) is 18.1. The van der Waals surface area contributed by atoms with Crippen LogP contribution >= 0.6 is 11.1 Å². The summed E-state index contributed by atoms with van der Waals surface area (Å²) in [5.74, 6) is -0.975. The smallest absolute Gasteiger partial charge is 0.433 e. The van der Waals surface area contributed by atoms with E-state index in [2.05, 4.69) is 79.3 Å². The normalized spacial score (nSPS) is 13.0. The lowest BCUT2D eigenvalue weighted by molar-refractivity contribution is -0.143. The molecule has 0 fully saturated rings. The van der Waals surface area contributed by atoms with E-state index in [0.29, 0.717) is 0 Å². The number of methoxy groups -OCH3 is 2. The summed E-state index contributed by atoms with van der Waals surface area (Å²) in [6, 6.07) is 52.1. The Morgan fingerprint density at radius 2 is 0.827 bits per heavy atom. The summed E-state index contributed by atoms with van der Waals surface area (Å²) in [6.07, 6.45) is -13.1. The summed E-state index contributed by atoms with van der Waals surface area (Å²) >= 11 is 7.21. The zero-order valence-corrected chi connectivity index (χ0v) is 48.5. The summed E-state index contributed by atoms with van der Waals surface area (Å²) in [5.41, 5.74) is -4.50. The van der Waals surface area contributed by atoms with Gasteiger partial charge in [0.2, 0.25) is 7.38 Å². The fourth-order valence-electron chi connectivity index (χ4n) is 9.41. The minimum absolute atomic E-state index is 0.0667. The van der Waals surface area contributed by atoms with Crippen molar-refractivity contribution in [2.75, 3.05) is 27.4 Å². The summed E-state index contributed by atoms with van der Waals surface area (Å²) < 4.78 is 127. The highest BCUT2D eigenvalue weighted by Crippen LogP contribution is 2.42. The third-order valence-electron chi connectivity index (χ3n) is 13.4. The fraction of sp³-hybridized carbons (Fsp3) is 0.258. The van der Waals surface area contributed by atoms with Crippen LogP contribution in [0.3, 0.4) is 0 Å². The molecule has 8 aromatic rings. The van der Waals surface area contributed by atoms with Gasteiger partial charge in [-0.15, -0.1) is 0 Å². The van der Waals surface area contributed by atoms with Gasteiger partial charge in [0.25, 0.3) is 8.32 Å². The van der Waals surface area contributed by atoms with Crippen molar-refractivity contribution in [3.8, 4) is 34.0 Å². The Balaban J connectivity index is 0.000000217. The van der Waals surface area contributed by atoms with Gasteiger partial charge in [0.15, 0.2) is 11.4 Å². The molecule has 0 bridgehead atoms. The van der Waals surface area contributed by atoms with Gasteiger partial charge in [0.1, 0.15) is 35.3 Å². The van der Waals surface area contributed by atoms with E-state index in [9.17, 15) is 45.3 Å². The highest BCUT2D eigenvalue weighted by Gasteiger charge is 2.51. The van der Waals surface area contributed by atoms with Crippen molar-refractivity contribution in [2.45, 2.75) is 76.2 Å². The van der Waals surface area contributed by atoms with Crippen LogP contribution in [-0.2, 0) is 16.8 Å². The van der Waals surface area contributed by atoms with Crippen LogP contribution in [-0.4, -0.2) is 68.4 Å². The molecule has 2 heterocycles. The highest BCUT2D eigenvalue weighted by molar-refractivity contribution is 7.35. The lowest BCUT2D eigenvalue weighted by Crippen LogP contribution is -2.66. The maximum atomic E-state index is 14.5. The molecule has 81 heavy (non-hydrogen) atoms. The average Bonchev–Trinajstić information content (AvgIpc) is 3.63. The summed E-state index contributed by atoms with van der Waals surface area (Å²) in [6.45, 7) is 11.5. The Hall–Kier alpha value is -6.78. The standard InChI is InChI=1S/C31H31F4NO3Si.C16H19ClSi.C15H13F4NO3/c1-30(2,3)40(22-11-7-5-8-12-22,23-13-9-6-10-14-23)39-20-28(37)24-16-18-27(36-29(24)31(33,34)35)25-19-21(38-4)15-17-26(25)32;1-16(2,3)18(17,14-10-6-4-7-11-14)15-12-8-5-9-13-15;1-23-8-2-4-11(16)10(6-8)12-5-3-9(13(22)7-21)14(20-12)15(17,18)19/h5-19,28,37H,20H2,1-4H3;4-13H,1-3H3;2-6,13,21-22H,7H2,1H3/t28-;;13-/m1.1/s1. The quantitative estimate of drug-likeness (QED) is 0.0560. The molecule has 19 heteroatoms. The highest BCUT2D eigenvalue weighted by atomic mass is 35.6. The van der Waals surface area contributed by atoms with E-state index >= 15 is 0 Å². The van der Waals surface area contributed by atoms with Gasteiger partial charge in [-0.2, -0.15) is 37.4 Å². The van der Waals surface area contributed by atoms with E-state index < -0.39 is 92.7 Å². The Kier molecular flexibility index (Phi) is 20.7. The second-order valence-corrected chi connectivity index (χ2v) is 30.8. The molecule has 0 aliphatic carbocycles. The number of nitrogens with zero attached hydrogens (tertiary/aromatic N) is 2. The first kappa shape index (κ1) is 63.4. The summed E-state index contributed by atoms with van der Waals surface area (Å²) in [4.78, 5) is 7.18. The number of ether oxygens (including phenoxy) is 2. The Morgan fingerprint density at radius 1 is 0.481 bits per heavy atom.